The van der Waals surface area contributed by atoms with E-state index >= 15 is 0 Å². The molecule has 4 aromatic heterocycles. The Morgan fingerprint density at radius 1 is 1.16 bits per heavy atom. The summed E-state index contributed by atoms with van der Waals surface area (Å²) in [5.74, 6) is 2.48. The van der Waals surface area contributed by atoms with Gasteiger partial charge in [0.2, 0.25) is 5.88 Å². The minimum atomic E-state index is -0.384. The van der Waals surface area contributed by atoms with Crippen molar-refractivity contribution in [2.45, 2.75) is 32.7 Å². The maximum absolute atomic E-state index is 13.0. The summed E-state index contributed by atoms with van der Waals surface area (Å²) in [5.41, 5.74) is 1.78. The van der Waals surface area contributed by atoms with E-state index in [0.717, 1.165) is 24.4 Å². The van der Waals surface area contributed by atoms with Gasteiger partial charge in [0.25, 0.3) is 5.91 Å². The van der Waals surface area contributed by atoms with E-state index in [-0.39, 0.29) is 17.4 Å². The number of hydrogen-bond donors (Lipinski definition) is 1. The first-order valence-corrected chi connectivity index (χ1v) is 10.3. The first-order chi connectivity index (χ1) is 15.5. The lowest BCUT2D eigenvalue weighted by Gasteiger charge is -2.10. The fourth-order valence-corrected chi connectivity index (χ4v) is 3.85. The number of carbonyl (C=O) groups is 1. The molecule has 0 spiro atoms. The van der Waals surface area contributed by atoms with Crippen LogP contribution in [0.1, 0.15) is 41.3 Å². The molecule has 0 saturated heterocycles. The molecule has 0 bridgehead atoms. The van der Waals surface area contributed by atoms with Crippen LogP contribution in [0.4, 0.5) is 5.82 Å². The van der Waals surface area contributed by atoms with Crippen LogP contribution in [0.15, 0.2) is 42.6 Å². The fraction of sp³-hybridized carbons (Fsp3) is 0.273. The summed E-state index contributed by atoms with van der Waals surface area (Å²) < 4.78 is 8.95. The molecule has 5 heterocycles. The van der Waals surface area contributed by atoms with Crippen LogP contribution in [0.25, 0.3) is 17.3 Å². The molecule has 162 valence electrons. The summed E-state index contributed by atoms with van der Waals surface area (Å²) in [5, 5.41) is 15.7. The zero-order valence-electron chi connectivity index (χ0n) is 18.0. The third kappa shape index (κ3) is 3.49. The van der Waals surface area contributed by atoms with Crippen LogP contribution in [0.5, 0.6) is 5.88 Å². The van der Waals surface area contributed by atoms with Gasteiger partial charge in [-0.2, -0.15) is 0 Å². The number of nitrogens with zero attached hydrogens (tertiary/aromatic N) is 7. The lowest BCUT2D eigenvalue weighted by molar-refractivity contribution is 0.102. The minimum Gasteiger partial charge on any atom is -0.479 e. The van der Waals surface area contributed by atoms with E-state index < -0.39 is 0 Å². The molecule has 10 nitrogen and oxygen atoms in total. The molecule has 5 rings (SSSR count). The Balaban J connectivity index is 1.42. The number of rotatable bonds is 5. The number of hydrogen-bond acceptors (Lipinski definition) is 7. The van der Waals surface area contributed by atoms with Crippen molar-refractivity contribution in [2.24, 2.45) is 0 Å². The van der Waals surface area contributed by atoms with Crippen LogP contribution in [0.2, 0.25) is 0 Å². The van der Waals surface area contributed by atoms with Gasteiger partial charge in [-0.1, -0.05) is 12.1 Å². The SMILES string of the molecule is COc1nn(-c2cccc(C)n2)cc1C(=O)Nc1cccc(-c2nnc3n2[C@@H](C)CC3)n1. The molecular formula is C22H22N8O2. The van der Waals surface area contributed by atoms with E-state index in [2.05, 4.69) is 42.1 Å². The molecule has 1 atom stereocenters. The Hall–Kier alpha value is -4.08. The number of pyridine rings is 2. The standard InChI is InChI=1S/C22H22N8O2/c1-13-6-4-9-18(23-13)29-12-15(22(28-29)32-3)21(31)25-17-8-5-7-16(24-17)20-27-26-19-11-10-14(2)30(19)20/h4-9,12,14H,10-11H2,1-3H3,(H,24,25,31)/t14-/m0/s1. The number of anilines is 1. The van der Waals surface area contributed by atoms with Gasteiger partial charge in [0, 0.05) is 24.4 Å². The number of ether oxygens (including phenoxy) is 1. The monoisotopic (exact) mass is 430 g/mol. The zero-order valence-corrected chi connectivity index (χ0v) is 18.0. The third-order valence-electron chi connectivity index (χ3n) is 5.44. The van der Waals surface area contributed by atoms with Gasteiger partial charge in [-0.3, -0.25) is 4.79 Å². The Bertz CT molecular complexity index is 1310. The Morgan fingerprint density at radius 2 is 2.00 bits per heavy atom. The first-order valence-electron chi connectivity index (χ1n) is 10.3. The van der Waals surface area contributed by atoms with Crippen LogP contribution in [-0.2, 0) is 6.42 Å². The number of amides is 1. The van der Waals surface area contributed by atoms with Crippen molar-refractivity contribution < 1.29 is 9.53 Å². The van der Waals surface area contributed by atoms with E-state index in [9.17, 15) is 4.79 Å². The highest BCUT2D eigenvalue weighted by molar-refractivity contribution is 6.05. The second-order valence-electron chi connectivity index (χ2n) is 7.69. The van der Waals surface area contributed by atoms with Crippen LogP contribution < -0.4 is 10.1 Å². The number of fused-ring (bicyclic) bond motifs is 1. The molecule has 1 aliphatic rings. The maximum atomic E-state index is 13.0. The zero-order chi connectivity index (χ0) is 22.2. The number of nitrogens with one attached hydrogen (secondary N) is 1. The summed E-state index contributed by atoms with van der Waals surface area (Å²) >= 11 is 0. The quantitative estimate of drug-likeness (QED) is 0.518. The Morgan fingerprint density at radius 3 is 2.81 bits per heavy atom. The Kier molecular flexibility index (Phi) is 4.89. The van der Waals surface area contributed by atoms with Crippen LogP contribution in [-0.4, -0.2) is 47.5 Å². The van der Waals surface area contributed by atoms with E-state index in [1.807, 2.05) is 37.3 Å². The lowest BCUT2D eigenvalue weighted by Crippen LogP contribution is -2.14. The summed E-state index contributed by atoms with van der Waals surface area (Å²) in [6.45, 7) is 4.03. The average Bonchev–Trinajstić information content (AvgIpc) is 3.50. The summed E-state index contributed by atoms with van der Waals surface area (Å²) in [6.07, 6.45) is 3.53. The molecule has 10 heteroatoms. The van der Waals surface area contributed by atoms with Crippen LogP contribution >= 0.6 is 0 Å². The molecule has 1 N–H and O–H groups in total. The van der Waals surface area contributed by atoms with Crippen LogP contribution in [0, 0.1) is 6.92 Å². The van der Waals surface area contributed by atoms with Crippen molar-refractivity contribution in [2.75, 3.05) is 12.4 Å². The van der Waals surface area contributed by atoms with Gasteiger partial charge in [0.15, 0.2) is 11.6 Å². The second-order valence-corrected chi connectivity index (χ2v) is 7.69. The highest BCUT2D eigenvalue weighted by atomic mass is 16.5. The van der Waals surface area contributed by atoms with Crippen molar-refractivity contribution in [1.29, 1.82) is 0 Å². The van der Waals surface area contributed by atoms with Crippen molar-refractivity contribution >= 4 is 11.7 Å². The summed E-state index contributed by atoms with van der Waals surface area (Å²) in [6, 6.07) is 11.3. The van der Waals surface area contributed by atoms with Gasteiger partial charge in [-0.05, 0) is 44.5 Å². The number of aromatic nitrogens is 7. The van der Waals surface area contributed by atoms with Crippen molar-refractivity contribution in [3.05, 3.63) is 59.7 Å². The van der Waals surface area contributed by atoms with E-state index in [1.165, 1.54) is 11.8 Å². The molecule has 32 heavy (non-hydrogen) atoms. The minimum absolute atomic E-state index is 0.200. The second kappa shape index (κ2) is 7.88. The highest BCUT2D eigenvalue weighted by Crippen LogP contribution is 2.30. The molecule has 1 aliphatic heterocycles. The largest absolute Gasteiger partial charge is 0.479 e. The van der Waals surface area contributed by atoms with E-state index in [4.69, 9.17) is 4.74 Å². The van der Waals surface area contributed by atoms with E-state index in [0.29, 0.717) is 29.2 Å². The van der Waals surface area contributed by atoms with E-state index in [1.54, 1.807) is 12.3 Å². The number of methoxy groups -OCH3 is 1. The molecule has 1 amide bonds. The molecular weight excluding hydrogens is 408 g/mol. The summed E-state index contributed by atoms with van der Waals surface area (Å²) in [7, 11) is 1.47. The molecule has 0 saturated carbocycles. The highest BCUT2D eigenvalue weighted by Gasteiger charge is 2.25. The van der Waals surface area contributed by atoms with Gasteiger partial charge in [-0.15, -0.1) is 15.3 Å². The van der Waals surface area contributed by atoms with Crippen molar-refractivity contribution in [3.63, 3.8) is 0 Å². The third-order valence-corrected chi connectivity index (χ3v) is 5.44. The first kappa shape index (κ1) is 19.9. The van der Waals surface area contributed by atoms with Crippen molar-refractivity contribution in [1.82, 2.24) is 34.5 Å². The van der Waals surface area contributed by atoms with Crippen molar-refractivity contribution in [3.8, 4) is 23.2 Å². The summed E-state index contributed by atoms with van der Waals surface area (Å²) in [4.78, 5) is 22.0. The predicted octanol–water partition coefficient (Wildman–Crippen LogP) is 3.00. The van der Waals surface area contributed by atoms with Gasteiger partial charge in [0.1, 0.15) is 22.9 Å². The molecule has 0 fully saturated rings. The molecule has 4 aromatic rings. The number of carbonyl (C=O) groups excluding carboxylic acids is 1. The Labute approximate surface area is 184 Å². The molecule has 0 unspecified atom stereocenters. The smallest absolute Gasteiger partial charge is 0.263 e. The lowest BCUT2D eigenvalue weighted by atomic mass is 10.2. The van der Waals surface area contributed by atoms with Gasteiger partial charge in [-0.25, -0.2) is 14.6 Å². The predicted molar refractivity (Wildman–Crippen MR) is 117 cm³/mol. The topological polar surface area (TPSA) is 113 Å². The molecule has 0 radical (unpaired) electrons. The van der Waals surface area contributed by atoms with Gasteiger partial charge >= 0.3 is 0 Å². The average molecular weight is 430 g/mol. The fourth-order valence-electron chi connectivity index (χ4n) is 3.85. The van der Waals surface area contributed by atoms with Crippen LogP contribution in [0.3, 0.4) is 0 Å². The van der Waals surface area contributed by atoms with Gasteiger partial charge in [0.05, 0.1) is 7.11 Å². The van der Waals surface area contributed by atoms with Gasteiger partial charge < -0.3 is 14.6 Å². The number of aryl methyl sites for hydroxylation is 2. The molecule has 0 aliphatic carbocycles. The normalized spacial score (nSPS) is 14.9. The molecule has 0 aromatic carbocycles. The maximum Gasteiger partial charge on any atom is 0.263 e.